The molecule has 0 saturated heterocycles. The van der Waals surface area contributed by atoms with Crippen LogP contribution in [0.15, 0.2) is 0 Å². The van der Waals surface area contributed by atoms with Gasteiger partial charge in [-0.2, -0.15) is 0 Å². The van der Waals surface area contributed by atoms with E-state index in [-0.39, 0.29) is 0 Å². The van der Waals surface area contributed by atoms with Crippen LogP contribution in [-0.4, -0.2) is 11.4 Å². The average molecular weight is 103 g/mol. The molecule has 0 bridgehead atoms. The Morgan fingerprint density at radius 2 is 2.29 bits per heavy atom. The zero-order chi connectivity index (χ0) is 5.70. The van der Waals surface area contributed by atoms with Gasteiger partial charge in [0, 0.05) is 6.42 Å². The van der Waals surface area contributed by atoms with E-state index in [2.05, 4.69) is 0 Å². The highest BCUT2D eigenvalue weighted by molar-refractivity contribution is 4.36. The van der Waals surface area contributed by atoms with Gasteiger partial charge in [-0.25, -0.2) is 5.11 Å². The molecule has 2 nitrogen and oxygen atoms in total. The SMILES string of the molecule is CCCC[C@@H]([O])O. The lowest BCUT2D eigenvalue weighted by Crippen LogP contribution is -1.99. The fourth-order valence-electron chi connectivity index (χ4n) is 0.379. The van der Waals surface area contributed by atoms with Crippen molar-refractivity contribution in [2.75, 3.05) is 0 Å². The van der Waals surface area contributed by atoms with Gasteiger partial charge in [0.25, 0.3) is 0 Å². The minimum Gasteiger partial charge on any atom is -0.366 e. The first-order valence-electron chi connectivity index (χ1n) is 2.61. The monoisotopic (exact) mass is 103 g/mol. The first-order chi connectivity index (χ1) is 3.27. The van der Waals surface area contributed by atoms with Gasteiger partial charge in [0.15, 0.2) is 6.29 Å². The molecule has 0 spiro atoms. The van der Waals surface area contributed by atoms with Crippen LogP contribution < -0.4 is 0 Å². The Labute approximate surface area is 43.8 Å². The number of hydrogen-bond acceptors (Lipinski definition) is 1. The van der Waals surface area contributed by atoms with Gasteiger partial charge in [0.1, 0.15) is 0 Å². The average Bonchev–Trinajstić information content (AvgIpc) is 1.61. The Hall–Kier alpha value is -0.0800. The van der Waals surface area contributed by atoms with Gasteiger partial charge >= 0.3 is 0 Å². The largest absolute Gasteiger partial charge is 0.366 e. The summed E-state index contributed by atoms with van der Waals surface area (Å²) in [6.07, 6.45) is 0.875. The molecule has 0 aliphatic carbocycles. The summed E-state index contributed by atoms with van der Waals surface area (Å²) in [4.78, 5) is 0. The molecule has 0 heterocycles. The Morgan fingerprint density at radius 1 is 1.71 bits per heavy atom. The zero-order valence-electron chi connectivity index (χ0n) is 4.55. The molecule has 0 unspecified atom stereocenters. The van der Waals surface area contributed by atoms with E-state index in [0.717, 1.165) is 12.8 Å². The smallest absolute Gasteiger partial charge is 0.188 e. The fraction of sp³-hybridized carbons (Fsp3) is 1.00. The topological polar surface area (TPSA) is 40.1 Å². The maximum atomic E-state index is 9.84. The highest BCUT2D eigenvalue weighted by Crippen LogP contribution is 1.95. The molecule has 1 N–H and O–H groups in total. The van der Waals surface area contributed by atoms with Crippen LogP contribution in [0.3, 0.4) is 0 Å². The van der Waals surface area contributed by atoms with E-state index in [4.69, 9.17) is 5.11 Å². The van der Waals surface area contributed by atoms with E-state index in [9.17, 15) is 5.11 Å². The number of hydrogen-bond donors (Lipinski definition) is 1. The van der Waals surface area contributed by atoms with Crippen molar-refractivity contribution in [3.8, 4) is 0 Å². The molecule has 43 valence electrons. The maximum Gasteiger partial charge on any atom is 0.188 e. The summed E-state index contributed by atoms with van der Waals surface area (Å²) in [5, 5.41) is 18.0. The molecule has 0 aliphatic heterocycles. The molecule has 0 fully saturated rings. The molecule has 0 aromatic heterocycles. The number of aliphatic hydroxyl groups excluding tert-OH is 1. The third-order valence-electron chi connectivity index (χ3n) is 0.805. The highest BCUT2D eigenvalue weighted by atomic mass is 16.5. The number of aliphatic hydroxyl groups is 1. The van der Waals surface area contributed by atoms with Crippen LogP contribution in [-0.2, 0) is 5.11 Å². The number of rotatable bonds is 3. The summed E-state index contributed by atoms with van der Waals surface area (Å²) < 4.78 is 0. The van der Waals surface area contributed by atoms with Crippen LogP contribution in [0, 0.1) is 0 Å². The van der Waals surface area contributed by atoms with E-state index in [1.54, 1.807) is 0 Å². The Kier molecular flexibility index (Phi) is 4.04. The molecule has 0 saturated carbocycles. The molecule has 0 aromatic rings. The number of unbranched alkanes of at least 4 members (excludes halogenated alkanes) is 1. The standard InChI is InChI=1S/C5H11O2/c1-2-3-4-5(6)7/h5-6H,2-4H2,1H3/t5-/m1/s1. The Balaban J connectivity index is 2.68. The van der Waals surface area contributed by atoms with Gasteiger partial charge < -0.3 is 5.11 Å². The maximum absolute atomic E-state index is 9.84. The molecular formula is C5H11O2. The summed E-state index contributed by atoms with van der Waals surface area (Å²) in [6.45, 7) is 1.99. The van der Waals surface area contributed by atoms with Crippen molar-refractivity contribution in [2.24, 2.45) is 0 Å². The Morgan fingerprint density at radius 3 is 2.43 bits per heavy atom. The van der Waals surface area contributed by atoms with Crippen molar-refractivity contribution in [1.82, 2.24) is 0 Å². The summed E-state index contributed by atoms with van der Waals surface area (Å²) >= 11 is 0. The molecule has 2 heteroatoms. The van der Waals surface area contributed by atoms with Gasteiger partial charge in [-0.05, 0) is 6.42 Å². The highest BCUT2D eigenvalue weighted by Gasteiger charge is 1.94. The molecular weight excluding hydrogens is 92.1 g/mol. The molecule has 0 aliphatic rings. The van der Waals surface area contributed by atoms with Crippen LogP contribution in [0.1, 0.15) is 26.2 Å². The van der Waals surface area contributed by atoms with Crippen LogP contribution in [0.5, 0.6) is 0 Å². The molecule has 1 radical (unpaired) electrons. The fourth-order valence-corrected chi connectivity index (χ4v) is 0.379. The predicted molar refractivity (Wildman–Crippen MR) is 26.2 cm³/mol. The van der Waals surface area contributed by atoms with Crippen molar-refractivity contribution in [3.05, 3.63) is 0 Å². The van der Waals surface area contributed by atoms with Crippen LogP contribution in [0.25, 0.3) is 0 Å². The third-order valence-corrected chi connectivity index (χ3v) is 0.805. The van der Waals surface area contributed by atoms with Crippen molar-refractivity contribution < 1.29 is 10.2 Å². The molecule has 7 heavy (non-hydrogen) atoms. The molecule has 0 rings (SSSR count). The minimum atomic E-state index is -1.35. The van der Waals surface area contributed by atoms with Crippen LogP contribution in [0.4, 0.5) is 0 Å². The van der Waals surface area contributed by atoms with Crippen molar-refractivity contribution in [1.29, 1.82) is 0 Å². The van der Waals surface area contributed by atoms with E-state index in [1.807, 2.05) is 6.92 Å². The summed E-state index contributed by atoms with van der Waals surface area (Å²) in [5.74, 6) is 0. The van der Waals surface area contributed by atoms with Crippen molar-refractivity contribution in [2.45, 2.75) is 32.5 Å². The first kappa shape index (κ1) is 6.92. The van der Waals surface area contributed by atoms with Gasteiger partial charge in [-0.15, -0.1) is 0 Å². The van der Waals surface area contributed by atoms with Crippen molar-refractivity contribution >= 4 is 0 Å². The zero-order valence-corrected chi connectivity index (χ0v) is 4.55. The lowest BCUT2D eigenvalue weighted by Gasteiger charge is -1.94. The summed E-state index contributed by atoms with van der Waals surface area (Å²) in [7, 11) is 0. The lowest BCUT2D eigenvalue weighted by molar-refractivity contribution is -0.0966. The second-order valence-electron chi connectivity index (χ2n) is 1.60. The van der Waals surface area contributed by atoms with E-state index in [0.29, 0.717) is 6.42 Å². The first-order valence-corrected chi connectivity index (χ1v) is 2.61. The molecule has 1 atom stereocenters. The van der Waals surface area contributed by atoms with Gasteiger partial charge in [-0.3, -0.25) is 0 Å². The Bertz CT molecular complexity index is 35.1. The molecule has 0 aromatic carbocycles. The summed E-state index contributed by atoms with van der Waals surface area (Å²) in [6, 6.07) is 0. The third kappa shape index (κ3) is 5.92. The molecule has 0 amide bonds. The van der Waals surface area contributed by atoms with E-state index < -0.39 is 6.29 Å². The quantitative estimate of drug-likeness (QED) is 0.530. The van der Waals surface area contributed by atoms with E-state index in [1.165, 1.54) is 0 Å². The second-order valence-corrected chi connectivity index (χ2v) is 1.60. The predicted octanol–water partition coefficient (Wildman–Crippen LogP) is 0.925. The minimum absolute atomic E-state index is 0.399. The van der Waals surface area contributed by atoms with Gasteiger partial charge in [0.05, 0.1) is 0 Å². The van der Waals surface area contributed by atoms with Gasteiger partial charge in [-0.1, -0.05) is 13.3 Å². The van der Waals surface area contributed by atoms with Crippen LogP contribution in [0.2, 0.25) is 0 Å². The van der Waals surface area contributed by atoms with Crippen molar-refractivity contribution in [3.63, 3.8) is 0 Å². The van der Waals surface area contributed by atoms with E-state index >= 15 is 0 Å². The van der Waals surface area contributed by atoms with Crippen LogP contribution >= 0.6 is 0 Å². The normalized spacial score (nSPS) is 10.3. The second kappa shape index (κ2) is 4.09. The summed E-state index contributed by atoms with van der Waals surface area (Å²) in [5.41, 5.74) is 0. The lowest BCUT2D eigenvalue weighted by atomic mass is 10.2. The van der Waals surface area contributed by atoms with Gasteiger partial charge in [0.2, 0.25) is 0 Å².